The molecule has 1 amide bonds. The van der Waals surface area contributed by atoms with Crippen molar-refractivity contribution < 1.29 is 19.4 Å². The van der Waals surface area contributed by atoms with Gasteiger partial charge in [-0.1, -0.05) is 12.1 Å². The number of aromatic carboxylic acids is 1. The van der Waals surface area contributed by atoms with Crippen LogP contribution in [-0.2, 0) is 5.54 Å². The molecule has 2 aromatic heterocycles. The zero-order valence-corrected chi connectivity index (χ0v) is 16.3. The van der Waals surface area contributed by atoms with Gasteiger partial charge in [-0.15, -0.1) is 0 Å². The number of ether oxygens (including phenoxy) is 1. The summed E-state index contributed by atoms with van der Waals surface area (Å²) in [5, 5.41) is 12.2. The van der Waals surface area contributed by atoms with Crippen molar-refractivity contribution >= 4 is 17.5 Å². The number of nitrogens with one attached hydrogen (secondary N) is 1. The second-order valence-electron chi connectivity index (χ2n) is 7.01. The quantitative estimate of drug-likeness (QED) is 0.683. The number of imidazole rings is 1. The van der Waals surface area contributed by atoms with Gasteiger partial charge in [0, 0.05) is 6.20 Å². The molecule has 0 spiro atoms. The van der Waals surface area contributed by atoms with E-state index in [1.165, 1.54) is 6.07 Å². The van der Waals surface area contributed by atoms with E-state index in [1.54, 1.807) is 41.8 Å². The van der Waals surface area contributed by atoms with Gasteiger partial charge in [-0.05, 0) is 57.5 Å². The summed E-state index contributed by atoms with van der Waals surface area (Å²) in [6.07, 6.45) is 1.77. The molecule has 0 fully saturated rings. The molecule has 7 nitrogen and oxygen atoms in total. The van der Waals surface area contributed by atoms with Crippen LogP contribution in [0.1, 0.15) is 52.9 Å². The molecule has 0 aliphatic carbocycles. The largest absolute Gasteiger partial charge is 0.490 e. The topological polar surface area (TPSA) is 92.9 Å². The van der Waals surface area contributed by atoms with Crippen LogP contribution in [0, 0.1) is 6.92 Å². The smallest absolute Gasteiger partial charge is 0.335 e. The Kier molecular flexibility index (Phi) is 5.09. The maximum Gasteiger partial charge on any atom is 0.335 e. The SMILES string of the molecule is CCOc1cccn2c(C(=O)NC(C)(C)c3cccc(C(=O)O)c3)c(C)nc12. The number of hydrogen-bond donors (Lipinski definition) is 2. The molecule has 0 bridgehead atoms. The summed E-state index contributed by atoms with van der Waals surface area (Å²) in [6.45, 7) is 7.82. The molecule has 7 heteroatoms. The van der Waals surface area contributed by atoms with E-state index in [0.717, 1.165) is 0 Å². The van der Waals surface area contributed by atoms with Crippen molar-refractivity contribution in [3.05, 3.63) is 65.1 Å². The highest BCUT2D eigenvalue weighted by Crippen LogP contribution is 2.25. The van der Waals surface area contributed by atoms with Crippen molar-refractivity contribution in [2.45, 2.75) is 33.2 Å². The average molecular weight is 381 g/mol. The first-order chi connectivity index (χ1) is 13.2. The Balaban J connectivity index is 1.96. The van der Waals surface area contributed by atoms with Crippen LogP contribution in [0.4, 0.5) is 0 Å². The zero-order chi connectivity index (χ0) is 20.5. The van der Waals surface area contributed by atoms with Crippen LogP contribution in [0.2, 0.25) is 0 Å². The number of carboxylic acids is 1. The number of aryl methyl sites for hydroxylation is 1. The van der Waals surface area contributed by atoms with E-state index >= 15 is 0 Å². The van der Waals surface area contributed by atoms with Crippen LogP contribution in [0.3, 0.4) is 0 Å². The Morgan fingerprint density at radius 1 is 1.25 bits per heavy atom. The van der Waals surface area contributed by atoms with E-state index in [-0.39, 0.29) is 11.5 Å². The molecule has 0 radical (unpaired) electrons. The summed E-state index contributed by atoms with van der Waals surface area (Å²) in [4.78, 5) is 28.8. The maximum absolute atomic E-state index is 13.1. The number of carbonyl (C=O) groups is 2. The molecule has 146 valence electrons. The van der Waals surface area contributed by atoms with Gasteiger partial charge >= 0.3 is 5.97 Å². The number of pyridine rings is 1. The highest BCUT2D eigenvalue weighted by Gasteiger charge is 2.27. The van der Waals surface area contributed by atoms with Crippen LogP contribution in [0.25, 0.3) is 5.65 Å². The minimum atomic E-state index is -1.01. The number of benzene rings is 1. The number of carboxylic acid groups (broad SMARTS) is 1. The fraction of sp³-hybridized carbons (Fsp3) is 0.286. The highest BCUT2D eigenvalue weighted by atomic mass is 16.5. The summed E-state index contributed by atoms with van der Waals surface area (Å²) in [5.41, 5.74) is 1.67. The van der Waals surface area contributed by atoms with Gasteiger partial charge in [0.05, 0.1) is 23.4 Å². The Hall–Kier alpha value is -3.35. The maximum atomic E-state index is 13.1. The number of rotatable bonds is 6. The first-order valence-electron chi connectivity index (χ1n) is 9.01. The van der Waals surface area contributed by atoms with Gasteiger partial charge in [0.15, 0.2) is 11.4 Å². The summed E-state index contributed by atoms with van der Waals surface area (Å²) >= 11 is 0. The normalized spacial score (nSPS) is 11.4. The Morgan fingerprint density at radius 2 is 2.00 bits per heavy atom. The molecular formula is C21H23N3O4. The van der Waals surface area contributed by atoms with Crippen LogP contribution >= 0.6 is 0 Å². The Labute approximate surface area is 163 Å². The van der Waals surface area contributed by atoms with Gasteiger partial charge < -0.3 is 15.2 Å². The molecule has 2 heterocycles. The number of nitrogens with zero attached hydrogens (tertiary/aromatic N) is 2. The minimum Gasteiger partial charge on any atom is -0.490 e. The average Bonchev–Trinajstić information content (AvgIpc) is 2.98. The predicted molar refractivity (Wildman–Crippen MR) is 105 cm³/mol. The summed E-state index contributed by atoms with van der Waals surface area (Å²) in [7, 11) is 0. The first kappa shape index (κ1) is 19.4. The number of aromatic nitrogens is 2. The van der Waals surface area contributed by atoms with Crippen LogP contribution in [0.15, 0.2) is 42.6 Å². The second-order valence-corrected chi connectivity index (χ2v) is 7.01. The predicted octanol–water partition coefficient (Wildman–Crippen LogP) is 3.40. The number of carbonyl (C=O) groups excluding carboxylic acids is 1. The molecule has 1 aromatic carbocycles. The van der Waals surface area contributed by atoms with E-state index < -0.39 is 11.5 Å². The third-order valence-electron chi connectivity index (χ3n) is 4.56. The Bertz CT molecular complexity index is 1050. The van der Waals surface area contributed by atoms with E-state index in [1.807, 2.05) is 26.8 Å². The molecule has 3 rings (SSSR count). The minimum absolute atomic E-state index is 0.173. The monoisotopic (exact) mass is 381 g/mol. The molecule has 0 saturated heterocycles. The number of amides is 1. The molecule has 2 N–H and O–H groups in total. The van der Waals surface area contributed by atoms with Crippen LogP contribution in [0.5, 0.6) is 5.75 Å². The van der Waals surface area contributed by atoms with Crippen molar-refractivity contribution in [1.82, 2.24) is 14.7 Å². The molecule has 0 aliphatic heterocycles. The first-order valence-corrected chi connectivity index (χ1v) is 9.01. The van der Waals surface area contributed by atoms with E-state index in [9.17, 15) is 14.7 Å². The molecular weight excluding hydrogens is 358 g/mol. The van der Waals surface area contributed by atoms with Gasteiger partial charge in [0.1, 0.15) is 5.69 Å². The lowest BCUT2D eigenvalue weighted by Crippen LogP contribution is -2.41. The number of hydrogen-bond acceptors (Lipinski definition) is 4. The fourth-order valence-corrected chi connectivity index (χ4v) is 3.15. The van der Waals surface area contributed by atoms with E-state index in [4.69, 9.17) is 4.74 Å². The zero-order valence-electron chi connectivity index (χ0n) is 16.3. The summed E-state index contributed by atoms with van der Waals surface area (Å²) in [5.74, 6) is -0.699. The third kappa shape index (κ3) is 3.55. The Morgan fingerprint density at radius 3 is 2.68 bits per heavy atom. The van der Waals surface area contributed by atoms with Crippen molar-refractivity contribution in [3.8, 4) is 5.75 Å². The molecule has 3 aromatic rings. The molecule has 0 saturated carbocycles. The van der Waals surface area contributed by atoms with Crippen LogP contribution in [-0.4, -0.2) is 33.0 Å². The van der Waals surface area contributed by atoms with Crippen molar-refractivity contribution in [2.24, 2.45) is 0 Å². The lowest BCUT2D eigenvalue weighted by atomic mass is 9.92. The van der Waals surface area contributed by atoms with Crippen LogP contribution < -0.4 is 10.1 Å². The lowest BCUT2D eigenvalue weighted by molar-refractivity contribution is 0.0696. The highest BCUT2D eigenvalue weighted by molar-refractivity contribution is 5.95. The fourth-order valence-electron chi connectivity index (χ4n) is 3.15. The van der Waals surface area contributed by atoms with Crippen molar-refractivity contribution in [1.29, 1.82) is 0 Å². The van der Waals surface area contributed by atoms with Gasteiger partial charge in [0.2, 0.25) is 0 Å². The van der Waals surface area contributed by atoms with Gasteiger partial charge in [0.25, 0.3) is 5.91 Å². The molecule has 28 heavy (non-hydrogen) atoms. The molecule has 0 aliphatic rings. The summed E-state index contributed by atoms with van der Waals surface area (Å²) in [6, 6.07) is 10.2. The second kappa shape index (κ2) is 7.34. The lowest BCUT2D eigenvalue weighted by Gasteiger charge is -2.27. The van der Waals surface area contributed by atoms with Crippen molar-refractivity contribution in [3.63, 3.8) is 0 Å². The van der Waals surface area contributed by atoms with E-state index in [2.05, 4.69) is 10.3 Å². The van der Waals surface area contributed by atoms with Gasteiger partial charge in [-0.25, -0.2) is 9.78 Å². The number of fused-ring (bicyclic) bond motifs is 1. The van der Waals surface area contributed by atoms with Gasteiger partial charge in [-0.3, -0.25) is 9.20 Å². The summed E-state index contributed by atoms with van der Waals surface area (Å²) < 4.78 is 7.31. The molecule has 0 atom stereocenters. The van der Waals surface area contributed by atoms with Gasteiger partial charge in [-0.2, -0.15) is 0 Å². The third-order valence-corrected chi connectivity index (χ3v) is 4.56. The van der Waals surface area contributed by atoms with Crippen molar-refractivity contribution in [2.75, 3.05) is 6.61 Å². The molecule has 0 unspecified atom stereocenters. The standard InChI is InChI=1S/C21H23N3O4/c1-5-28-16-10-7-11-24-17(13(2)22-18(16)24)19(25)23-21(3,4)15-9-6-8-14(12-15)20(26)27/h6-12H,5H2,1-4H3,(H,23,25)(H,26,27). The van der Waals surface area contributed by atoms with E-state index in [0.29, 0.717) is 35.0 Å².